The van der Waals surface area contributed by atoms with Crippen LogP contribution < -0.4 is 16.0 Å². The smallest absolute Gasteiger partial charge is 0.329 e. The van der Waals surface area contributed by atoms with Crippen molar-refractivity contribution in [2.24, 2.45) is 7.05 Å². The number of fused-ring (bicyclic) bond motifs is 1. The molecule has 2 aromatic heterocycles. The summed E-state index contributed by atoms with van der Waals surface area (Å²) in [4.78, 5) is 32.4. The van der Waals surface area contributed by atoms with Crippen LogP contribution >= 0.6 is 0 Å². The molecule has 21 heavy (non-hydrogen) atoms. The summed E-state index contributed by atoms with van der Waals surface area (Å²) in [5.74, 6) is -0.142. The largest absolute Gasteiger partial charge is 0.494 e. The maximum Gasteiger partial charge on any atom is 0.329 e. The molecule has 108 valence electrons. The van der Waals surface area contributed by atoms with Crippen molar-refractivity contribution in [2.75, 3.05) is 7.11 Å². The molecule has 0 amide bonds. The van der Waals surface area contributed by atoms with E-state index >= 15 is 0 Å². The van der Waals surface area contributed by atoms with E-state index in [1.807, 2.05) is 0 Å². The zero-order valence-electron chi connectivity index (χ0n) is 11.2. The Balaban J connectivity index is 2.25. The third-order valence-corrected chi connectivity index (χ3v) is 3.18. The highest BCUT2D eigenvalue weighted by Crippen LogP contribution is 2.24. The number of aromatic nitrogens is 4. The lowest BCUT2D eigenvalue weighted by Crippen LogP contribution is -2.28. The fourth-order valence-electron chi connectivity index (χ4n) is 2.06. The Labute approximate surface area is 117 Å². The molecule has 0 saturated carbocycles. The van der Waals surface area contributed by atoms with E-state index in [9.17, 15) is 14.0 Å². The number of rotatable bonds is 2. The van der Waals surface area contributed by atoms with Gasteiger partial charge >= 0.3 is 5.69 Å². The Morgan fingerprint density at radius 2 is 2.05 bits per heavy atom. The molecule has 0 radical (unpaired) electrons. The fourth-order valence-corrected chi connectivity index (χ4v) is 2.06. The minimum absolute atomic E-state index is 0.111. The number of nitrogens with one attached hydrogen (secondary N) is 2. The van der Waals surface area contributed by atoms with Crippen LogP contribution in [0.4, 0.5) is 4.39 Å². The van der Waals surface area contributed by atoms with E-state index in [1.165, 1.54) is 30.9 Å². The monoisotopic (exact) mass is 290 g/mol. The van der Waals surface area contributed by atoms with E-state index in [-0.39, 0.29) is 16.9 Å². The average molecular weight is 290 g/mol. The Morgan fingerprint density at radius 1 is 1.29 bits per heavy atom. The molecule has 8 heteroatoms. The van der Waals surface area contributed by atoms with Gasteiger partial charge in [-0.15, -0.1) is 0 Å². The molecule has 0 atom stereocenters. The number of H-pyrrole nitrogens is 2. The second-order valence-corrected chi connectivity index (χ2v) is 4.45. The number of aromatic amines is 2. The normalized spacial score (nSPS) is 11.0. The standard InChI is InChI=1S/C13H11FN4O3/c1-18-11-9(12(19)17-13(18)20)15-10(16-11)6-3-4-8(21-2)7(14)5-6/h3-5H,1-2H3,(H,15,16)(H,17,19,20). The van der Waals surface area contributed by atoms with E-state index in [2.05, 4.69) is 15.0 Å². The van der Waals surface area contributed by atoms with Gasteiger partial charge < -0.3 is 9.72 Å². The number of methoxy groups -OCH3 is 1. The highest BCUT2D eigenvalue weighted by atomic mass is 19.1. The van der Waals surface area contributed by atoms with Gasteiger partial charge in [0.25, 0.3) is 5.56 Å². The van der Waals surface area contributed by atoms with Gasteiger partial charge in [0.15, 0.2) is 17.2 Å². The van der Waals surface area contributed by atoms with Gasteiger partial charge in [0.2, 0.25) is 0 Å². The summed E-state index contributed by atoms with van der Waals surface area (Å²) in [5, 5.41) is 0. The van der Waals surface area contributed by atoms with Gasteiger partial charge in [-0.1, -0.05) is 0 Å². The average Bonchev–Trinajstić information content (AvgIpc) is 2.90. The Hall–Kier alpha value is -2.90. The number of hydrogen-bond donors (Lipinski definition) is 2. The predicted octanol–water partition coefficient (Wildman–Crippen LogP) is 0.765. The third-order valence-electron chi connectivity index (χ3n) is 3.18. The molecule has 2 N–H and O–H groups in total. The summed E-state index contributed by atoms with van der Waals surface area (Å²) in [5.41, 5.74) is -0.332. The van der Waals surface area contributed by atoms with Crippen LogP contribution in [0.15, 0.2) is 27.8 Å². The molecule has 0 aliphatic heterocycles. The SMILES string of the molecule is COc1ccc(-c2nc3c([nH]2)c(=O)[nH]c(=O)n3C)cc1F. The quantitative estimate of drug-likeness (QED) is 0.729. The first-order valence-corrected chi connectivity index (χ1v) is 6.04. The second kappa shape index (κ2) is 4.58. The van der Waals surface area contributed by atoms with Crippen LogP contribution in [0.5, 0.6) is 5.75 Å². The predicted molar refractivity (Wildman–Crippen MR) is 73.9 cm³/mol. The lowest BCUT2D eigenvalue weighted by Gasteiger charge is -2.02. The zero-order valence-corrected chi connectivity index (χ0v) is 11.2. The molecular weight excluding hydrogens is 279 g/mol. The Kier molecular flexibility index (Phi) is 2.86. The van der Waals surface area contributed by atoms with Gasteiger partial charge in [-0.2, -0.15) is 0 Å². The van der Waals surface area contributed by atoms with Crippen LogP contribution in [0, 0.1) is 5.82 Å². The number of imidazole rings is 1. The van der Waals surface area contributed by atoms with Gasteiger partial charge in [0.1, 0.15) is 11.3 Å². The summed E-state index contributed by atoms with van der Waals surface area (Å²) in [6.45, 7) is 0. The molecule has 7 nitrogen and oxygen atoms in total. The van der Waals surface area contributed by atoms with Crippen LogP contribution in [-0.2, 0) is 7.05 Å². The highest BCUT2D eigenvalue weighted by Gasteiger charge is 2.13. The van der Waals surface area contributed by atoms with Crippen molar-refractivity contribution < 1.29 is 9.13 Å². The number of hydrogen-bond acceptors (Lipinski definition) is 4. The van der Waals surface area contributed by atoms with E-state index in [0.717, 1.165) is 0 Å². The summed E-state index contributed by atoms with van der Waals surface area (Å²) >= 11 is 0. The molecule has 0 unspecified atom stereocenters. The zero-order chi connectivity index (χ0) is 15.1. The number of halogens is 1. The van der Waals surface area contributed by atoms with E-state index < -0.39 is 17.1 Å². The van der Waals surface area contributed by atoms with Gasteiger partial charge in [-0.05, 0) is 18.2 Å². The van der Waals surface area contributed by atoms with Gasteiger partial charge in [-0.25, -0.2) is 14.2 Å². The first kappa shape index (κ1) is 13.1. The molecule has 0 fully saturated rings. The lowest BCUT2D eigenvalue weighted by molar-refractivity contribution is 0.386. The summed E-state index contributed by atoms with van der Waals surface area (Å²) in [6, 6.07) is 4.30. The maximum absolute atomic E-state index is 13.7. The van der Waals surface area contributed by atoms with Crippen molar-refractivity contribution >= 4 is 11.2 Å². The molecule has 0 spiro atoms. The fraction of sp³-hybridized carbons (Fsp3) is 0.154. The van der Waals surface area contributed by atoms with Crippen molar-refractivity contribution in [1.82, 2.24) is 19.5 Å². The number of nitrogens with zero attached hydrogens (tertiary/aromatic N) is 2. The minimum atomic E-state index is -0.569. The Morgan fingerprint density at radius 3 is 2.71 bits per heavy atom. The molecule has 0 saturated heterocycles. The van der Waals surface area contributed by atoms with Crippen LogP contribution in [0.1, 0.15) is 0 Å². The van der Waals surface area contributed by atoms with Crippen LogP contribution in [0.2, 0.25) is 0 Å². The molecule has 0 aliphatic rings. The molecular formula is C13H11FN4O3. The van der Waals surface area contributed by atoms with Crippen molar-refractivity contribution in [1.29, 1.82) is 0 Å². The van der Waals surface area contributed by atoms with E-state index in [1.54, 1.807) is 6.07 Å². The summed E-state index contributed by atoms with van der Waals surface area (Å²) in [6.07, 6.45) is 0. The van der Waals surface area contributed by atoms with Crippen molar-refractivity contribution in [3.05, 3.63) is 44.9 Å². The van der Waals surface area contributed by atoms with E-state index in [4.69, 9.17) is 4.74 Å². The number of benzene rings is 1. The van der Waals surface area contributed by atoms with Gasteiger partial charge in [-0.3, -0.25) is 14.3 Å². The van der Waals surface area contributed by atoms with Crippen molar-refractivity contribution in [3.63, 3.8) is 0 Å². The first-order valence-electron chi connectivity index (χ1n) is 6.04. The Bertz CT molecular complexity index is 954. The van der Waals surface area contributed by atoms with Crippen LogP contribution in [-0.4, -0.2) is 26.6 Å². The van der Waals surface area contributed by atoms with Crippen LogP contribution in [0.25, 0.3) is 22.6 Å². The molecule has 3 aromatic rings. The van der Waals surface area contributed by atoms with Crippen molar-refractivity contribution in [3.8, 4) is 17.1 Å². The topological polar surface area (TPSA) is 92.8 Å². The lowest BCUT2D eigenvalue weighted by atomic mass is 10.2. The highest BCUT2D eigenvalue weighted by molar-refractivity contribution is 5.75. The first-order chi connectivity index (χ1) is 10.0. The number of ether oxygens (including phenoxy) is 1. The summed E-state index contributed by atoms with van der Waals surface area (Å²) in [7, 11) is 2.86. The molecule has 0 bridgehead atoms. The number of aryl methyl sites for hydroxylation is 1. The second-order valence-electron chi connectivity index (χ2n) is 4.45. The summed E-state index contributed by atoms with van der Waals surface area (Å²) < 4.78 is 19.8. The van der Waals surface area contributed by atoms with Gasteiger partial charge in [0.05, 0.1) is 7.11 Å². The molecule has 1 aromatic carbocycles. The van der Waals surface area contributed by atoms with Crippen molar-refractivity contribution in [2.45, 2.75) is 0 Å². The van der Waals surface area contributed by atoms with Crippen LogP contribution in [0.3, 0.4) is 0 Å². The minimum Gasteiger partial charge on any atom is -0.494 e. The molecule has 3 rings (SSSR count). The maximum atomic E-state index is 13.7. The van der Waals surface area contributed by atoms with E-state index in [0.29, 0.717) is 11.4 Å². The molecule has 2 heterocycles. The third kappa shape index (κ3) is 2.00. The molecule has 0 aliphatic carbocycles. The van der Waals surface area contributed by atoms with Gasteiger partial charge in [0, 0.05) is 12.6 Å².